The topological polar surface area (TPSA) is 61.9 Å². The van der Waals surface area contributed by atoms with Gasteiger partial charge in [0, 0.05) is 26.1 Å². The number of carbonyl (C=O) groups is 2. The second-order valence-corrected chi connectivity index (χ2v) is 8.36. The number of hydrogen-bond donors (Lipinski definition) is 1. The van der Waals surface area contributed by atoms with Gasteiger partial charge in [-0.15, -0.1) is 0 Å². The Hall–Kier alpha value is -2.93. The number of amides is 2. The van der Waals surface area contributed by atoms with Crippen molar-refractivity contribution in [2.24, 2.45) is 0 Å². The number of likely N-dealkylation sites (N-methyl/N-ethyl adjacent to an activating group) is 1. The van der Waals surface area contributed by atoms with E-state index in [9.17, 15) is 14.0 Å². The molecule has 7 heteroatoms. The molecule has 0 saturated carbocycles. The summed E-state index contributed by atoms with van der Waals surface area (Å²) in [7, 11) is 3.89. The van der Waals surface area contributed by atoms with Gasteiger partial charge >= 0.3 is 0 Å². The Bertz CT molecular complexity index is 963. The van der Waals surface area contributed by atoms with E-state index in [4.69, 9.17) is 4.74 Å². The van der Waals surface area contributed by atoms with E-state index >= 15 is 0 Å². The SMILES string of the molecule is CCC(=O)N1CCc2ccc(OC(C)C(=O)NCCN(C)C)cc2C1c1cccc(F)c1. The maximum atomic E-state index is 14.0. The third kappa shape index (κ3) is 5.65. The van der Waals surface area contributed by atoms with E-state index in [1.54, 1.807) is 17.9 Å². The number of nitrogens with zero attached hydrogens (tertiary/aromatic N) is 2. The molecule has 0 bridgehead atoms. The lowest BCUT2D eigenvalue weighted by atomic mass is 9.87. The van der Waals surface area contributed by atoms with Crippen molar-refractivity contribution in [3.63, 3.8) is 0 Å². The van der Waals surface area contributed by atoms with Gasteiger partial charge in [0.05, 0.1) is 6.04 Å². The maximum absolute atomic E-state index is 14.0. The Kier molecular flexibility index (Phi) is 7.85. The number of benzene rings is 2. The minimum absolute atomic E-state index is 0.0184. The summed E-state index contributed by atoms with van der Waals surface area (Å²) in [6, 6.07) is 11.7. The molecule has 0 aliphatic carbocycles. The van der Waals surface area contributed by atoms with Crippen LogP contribution in [0.2, 0.25) is 0 Å². The van der Waals surface area contributed by atoms with Gasteiger partial charge in [-0.05, 0) is 68.4 Å². The van der Waals surface area contributed by atoms with E-state index in [2.05, 4.69) is 5.32 Å². The van der Waals surface area contributed by atoms with Crippen LogP contribution in [0.3, 0.4) is 0 Å². The number of rotatable bonds is 8. The van der Waals surface area contributed by atoms with E-state index in [0.29, 0.717) is 31.7 Å². The highest BCUT2D eigenvalue weighted by atomic mass is 19.1. The second-order valence-electron chi connectivity index (χ2n) is 8.36. The lowest BCUT2D eigenvalue weighted by Crippen LogP contribution is -2.40. The first kappa shape index (κ1) is 23.7. The highest BCUT2D eigenvalue weighted by Gasteiger charge is 2.32. The molecule has 2 aromatic rings. The van der Waals surface area contributed by atoms with Gasteiger partial charge in [0.1, 0.15) is 11.6 Å². The zero-order valence-electron chi connectivity index (χ0n) is 19.2. The minimum Gasteiger partial charge on any atom is -0.481 e. The Morgan fingerprint density at radius 3 is 2.72 bits per heavy atom. The summed E-state index contributed by atoms with van der Waals surface area (Å²) in [6.07, 6.45) is 0.426. The van der Waals surface area contributed by atoms with Crippen LogP contribution in [-0.4, -0.2) is 61.4 Å². The Balaban J connectivity index is 1.86. The molecule has 2 aromatic carbocycles. The predicted molar refractivity (Wildman–Crippen MR) is 122 cm³/mol. The van der Waals surface area contributed by atoms with Crippen LogP contribution in [0.4, 0.5) is 4.39 Å². The molecule has 1 aliphatic heterocycles. The van der Waals surface area contributed by atoms with Crippen molar-refractivity contribution < 1.29 is 18.7 Å². The van der Waals surface area contributed by atoms with E-state index in [-0.39, 0.29) is 17.6 Å². The molecule has 1 N–H and O–H groups in total. The summed E-state index contributed by atoms with van der Waals surface area (Å²) < 4.78 is 20.0. The molecule has 0 fully saturated rings. The maximum Gasteiger partial charge on any atom is 0.260 e. The first-order valence-corrected chi connectivity index (χ1v) is 11.1. The minimum atomic E-state index is -0.667. The van der Waals surface area contributed by atoms with Crippen LogP contribution in [0.5, 0.6) is 5.75 Å². The van der Waals surface area contributed by atoms with Crippen molar-refractivity contribution in [1.82, 2.24) is 15.1 Å². The Labute approximate surface area is 189 Å². The fourth-order valence-electron chi connectivity index (χ4n) is 3.98. The first-order valence-electron chi connectivity index (χ1n) is 11.1. The zero-order chi connectivity index (χ0) is 23.3. The van der Waals surface area contributed by atoms with E-state index in [0.717, 1.165) is 23.2 Å². The van der Waals surface area contributed by atoms with Crippen LogP contribution >= 0.6 is 0 Å². The predicted octanol–water partition coefficient (Wildman–Crippen LogP) is 3.15. The lowest BCUT2D eigenvalue weighted by molar-refractivity contribution is -0.133. The molecule has 1 heterocycles. The van der Waals surface area contributed by atoms with Crippen LogP contribution < -0.4 is 10.1 Å². The molecular weight excluding hydrogens is 409 g/mol. The molecule has 0 saturated heterocycles. The molecule has 3 rings (SSSR count). The highest BCUT2D eigenvalue weighted by Crippen LogP contribution is 2.37. The molecule has 6 nitrogen and oxygen atoms in total. The number of nitrogens with one attached hydrogen (secondary N) is 1. The van der Waals surface area contributed by atoms with Gasteiger partial charge in [-0.25, -0.2) is 4.39 Å². The summed E-state index contributed by atoms with van der Waals surface area (Å²) in [5.74, 6) is 0.0408. The van der Waals surface area contributed by atoms with Crippen LogP contribution in [0.15, 0.2) is 42.5 Å². The fourth-order valence-corrected chi connectivity index (χ4v) is 3.98. The number of fused-ring (bicyclic) bond motifs is 1. The molecule has 0 aromatic heterocycles. The van der Waals surface area contributed by atoms with Gasteiger partial charge in [0.2, 0.25) is 5.91 Å². The normalized spacial score (nSPS) is 16.4. The van der Waals surface area contributed by atoms with Crippen molar-refractivity contribution in [3.05, 3.63) is 65.0 Å². The lowest BCUT2D eigenvalue weighted by Gasteiger charge is -2.38. The number of hydrogen-bond acceptors (Lipinski definition) is 4. The van der Waals surface area contributed by atoms with Crippen LogP contribution in [0.1, 0.15) is 43.0 Å². The van der Waals surface area contributed by atoms with Crippen molar-refractivity contribution in [2.45, 2.75) is 38.8 Å². The standard InChI is InChI=1S/C25H32FN3O3/c1-5-23(30)29-13-11-18-9-10-21(32-17(2)25(31)27-12-14-28(3)4)16-22(18)24(29)19-7-6-8-20(26)15-19/h6-10,15-17,24H,5,11-14H2,1-4H3,(H,27,31). The monoisotopic (exact) mass is 441 g/mol. The Morgan fingerprint density at radius 2 is 2.03 bits per heavy atom. The van der Waals surface area contributed by atoms with Gasteiger partial charge in [0.25, 0.3) is 5.91 Å². The third-order valence-electron chi connectivity index (χ3n) is 5.67. The largest absolute Gasteiger partial charge is 0.481 e. The first-order chi connectivity index (χ1) is 15.3. The van der Waals surface area contributed by atoms with Crippen LogP contribution in [-0.2, 0) is 16.0 Å². The van der Waals surface area contributed by atoms with Crippen molar-refractivity contribution in [1.29, 1.82) is 0 Å². The van der Waals surface area contributed by atoms with E-state index in [1.165, 1.54) is 12.1 Å². The Morgan fingerprint density at radius 1 is 1.25 bits per heavy atom. The van der Waals surface area contributed by atoms with Crippen molar-refractivity contribution in [2.75, 3.05) is 33.7 Å². The third-order valence-corrected chi connectivity index (χ3v) is 5.67. The van der Waals surface area contributed by atoms with Crippen LogP contribution in [0.25, 0.3) is 0 Å². The molecule has 0 spiro atoms. The summed E-state index contributed by atoms with van der Waals surface area (Å²) in [4.78, 5) is 28.9. The zero-order valence-corrected chi connectivity index (χ0v) is 19.2. The van der Waals surface area contributed by atoms with Gasteiger partial charge in [0.15, 0.2) is 6.10 Å². The molecule has 32 heavy (non-hydrogen) atoms. The van der Waals surface area contributed by atoms with Gasteiger partial charge in [-0.1, -0.05) is 25.1 Å². The number of carbonyl (C=O) groups excluding carboxylic acids is 2. The quantitative estimate of drug-likeness (QED) is 0.684. The molecule has 2 amide bonds. The summed E-state index contributed by atoms with van der Waals surface area (Å²) >= 11 is 0. The summed E-state index contributed by atoms with van der Waals surface area (Å²) in [5.41, 5.74) is 2.72. The van der Waals surface area contributed by atoms with Crippen molar-refractivity contribution in [3.8, 4) is 5.75 Å². The number of ether oxygens (including phenoxy) is 1. The molecule has 172 valence electrons. The molecule has 0 radical (unpaired) electrons. The molecule has 2 atom stereocenters. The number of halogens is 1. The van der Waals surface area contributed by atoms with E-state index < -0.39 is 12.1 Å². The van der Waals surface area contributed by atoms with E-state index in [1.807, 2.05) is 50.2 Å². The highest BCUT2D eigenvalue weighted by molar-refractivity contribution is 5.80. The average Bonchev–Trinajstić information content (AvgIpc) is 2.77. The fraction of sp³-hybridized carbons (Fsp3) is 0.440. The summed E-state index contributed by atoms with van der Waals surface area (Å²) in [6.45, 7) is 5.40. The summed E-state index contributed by atoms with van der Waals surface area (Å²) in [5, 5.41) is 2.87. The van der Waals surface area contributed by atoms with Gasteiger partial charge in [-0.2, -0.15) is 0 Å². The molecular formula is C25H32FN3O3. The van der Waals surface area contributed by atoms with Crippen molar-refractivity contribution >= 4 is 11.8 Å². The van der Waals surface area contributed by atoms with Crippen LogP contribution in [0, 0.1) is 5.82 Å². The molecule has 1 aliphatic rings. The molecule has 2 unspecified atom stereocenters. The van der Waals surface area contributed by atoms with Gasteiger partial charge in [-0.3, -0.25) is 9.59 Å². The second kappa shape index (κ2) is 10.6. The average molecular weight is 442 g/mol. The smallest absolute Gasteiger partial charge is 0.260 e. The van der Waals surface area contributed by atoms with Gasteiger partial charge < -0.3 is 19.9 Å².